The summed E-state index contributed by atoms with van der Waals surface area (Å²) in [6.07, 6.45) is 4.31. The van der Waals surface area contributed by atoms with E-state index in [1.807, 2.05) is 0 Å². The first-order valence-corrected chi connectivity index (χ1v) is 11.2. The van der Waals surface area contributed by atoms with Crippen LogP contribution in [0.4, 0.5) is 10.7 Å². The Morgan fingerprint density at radius 2 is 1.93 bits per heavy atom. The highest BCUT2D eigenvalue weighted by atomic mass is 35.5. The van der Waals surface area contributed by atoms with Gasteiger partial charge in [-0.25, -0.2) is 0 Å². The third kappa shape index (κ3) is 5.73. The molecule has 158 valence electrons. The predicted molar refractivity (Wildman–Crippen MR) is 122 cm³/mol. The Hall–Kier alpha value is -2.11. The zero-order valence-electron chi connectivity index (χ0n) is 16.6. The Kier molecular flexibility index (Phi) is 7.73. The molecular formula is C21H22Cl2N4O2S. The Bertz CT molecular complexity index is 1000. The Morgan fingerprint density at radius 1 is 1.17 bits per heavy atom. The highest BCUT2D eigenvalue weighted by Crippen LogP contribution is 2.37. The fraction of sp³-hybridized carbons (Fsp3) is 0.381. The van der Waals surface area contributed by atoms with Gasteiger partial charge in [0.2, 0.25) is 11.8 Å². The molecule has 0 bridgehead atoms. The van der Waals surface area contributed by atoms with Crippen LogP contribution in [-0.4, -0.2) is 36.9 Å². The molecule has 0 aliphatic heterocycles. The van der Waals surface area contributed by atoms with Crippen LogP contribution in [0.15, 0.2) is 18.2 Å². The van der Waals surface area contributed by atoms with Gasteiger partial charge >= 0.3 is 0 Å². The Balaban J connectivity index is 1.47. The number of carbonyl (C=O) groups excluding carboxylic acids is 2. The second kappa shape index (κ2) is 10.3. The molecule has 0 unspecified atom stereocenters. The van der Waals surface area contributed by atoms with Crippen molar-refractivity contribution in [3.8, 4) is 6.07 Å². The van der Waals surface area contributed by atoms with E-state index in [9.17, 15) is 14.9 Å². The van der Waals surface area contributed by atoms with Crippen LogP contribution in [0.5, 0.6) is 0 Å². The summed E-state index contributed by atoms with van der Waals surface area (Å²) in [6, 6.07) is 7.12. The second-order valence-corrected chi connectivity index (χ2v) is 9.16. The summed E-state index contributed by atoms with van der Waals surface area (Å²) in [6.45, 7) is 0.540. The molecule has 6 nitrogen and oxygen atoms in total. The van der Waals surface area contributed by atoms with Gasteiger partial charge < -0.3 is 10.6 Å². The standard InChI is InChI=1S/C21H22Cl2N4O2S/c1-27(12-20(29)25-13-6-7-16(22)17(23)10-13)9-8-19(28)26-21-15(11-24)14-4-2-3-5-18(14)30-21/h6-7,10H,2-5,8-9,12H2,1H3,(H,25,29)(H,26,28). The number of aryl methyl sites for hydroxylation is 1. The number of nitriles is 1. The van der Waals surface area contributed by atoms with E-state index in [-0.39, 0.29) is 24.8 Å². The van der Waals surface area contributed by atoms with Crippen LogP contribution < -0.4 is 10.6 Å². The van der Waals surface area contributed by atoms with Crippen LogP contribution in [-0.2, 0) is 22.4 Å². The summed E-state index contributed by atoms with van der Waals surface area (Å²) in [4.78, 5) is 27.5. The van der Waals surface area contributed by atoms with Gasteiger partial charge in [0.1, 0.15) is 11.1 Å². The first kappa shape index (κ1) is 22.6. The third-order valence-electron chi connectivity index (χ3n) is 4.87. The van der Waals surface area contributed by atoms with Crippen molar-refractivity contribution in [2.24, 2.45) is 0 Å². The number of nitrogens with one attached hydrogen (secondary N) is 2. The van der Waals surface area contributed by atoms with Gasteiger partial charge in [-0.2, -0.15) is 5.26 Å². The molecule has 2 amide bonds. The van der Waals surface area contributed by atoms with Crippen molar-refractivity contribution in [1.29, 1.82) is 5.26 Å². The molecule has 9 heteroatoms. The molecule has 0 saturated heterocycles. The van der Waals surface area contributed by atoms with Crippen LogP contribution in [0, 0.1) is 11.3 Å². The van der Waals surface area contributed by atoms with Gasteiger partial charge in [0.25, 0.3) is 0 Å². The normalized spacial score (nSPS) is 12.9. The number of fused-ring (bicyclic) bond motifs is 1. The minimum Gasteiger partial charge on any atom is -0.325 e. The van der Waals surface area contributed by atoms with Crippen LogP contribution >= 0.6 is 34.5 Å². The molecule has 0 radical (unpaired) electrons. The van der Waals surface area contributed by atoms with E-state index in [0.717, 1.165) is 31.2 Å². The largest absolute Gasteiger partial charge is 0.325 e. The van der Waals surface area contributed by atoms with E-state index in [4.69, 9.17) is 23.2 Å². The molecule has 2 aromatic rings. The van der Waals surface area contributed by atoms with Crippen molar-refractivity contribution in [3.05, 3.63) is 44.2 Å². The minimum absolute atomic E-state index is 0.129. The zero-order valence-corrected chi connectivity index (χ0v) is 18.9. The summed E-state index contributed by atoms with van der Waals surface area (Å²) in [5.41, 5.74) is 2.27. The molecule has 0 fully saturated rings. The summed E-state index contributed by atoms with van der Waals surface area (Å²) in [5, 5.41) is 16.6. The fourth-order valence-corrected chi connectivity index (χ4v) is 4.91. The fourth-order valence-electron chi connectivity index (χ4n) is 3.35. The quantitative estimate of drug-likeness (QED) is 0.621. The molecule has 1 aromatic carbocycles. The van der Waals surface area contributed by atoms with E-state index < -0.39 is 0 Å². The van der Waals surface area contributed by atoms with Crippen LogP contribution in [0.1, 0.15) is 35.3 Å². The van der Waals surface area contributed by atoms with E-state index in [1.165, 1.54) is 16.2 Å². The molecule has 30 heavy (non-hydrogen) atoms. The first-order valence-electron chi connectivity index (χ1n) is 9.65. The SMILES string of the molecule is CN(CCC(=O)Nc1sc2c(c1C#N)CCCC2)CC(=O)Nc1ccc(Cl)c(Cl)c1. The smallest absolute Gasteiger partial charge is 0.238 e. The molecule has 0 saturated carbocycles. The number of anilines is 2. The second-order valence-electron chi connectivity index (χ2n) is 7.24. The maximum Gasteiger partial charge on any atom is 0.238 e. The molecule has 1 aliphatic rings. The molecule has 1 aromatic heterocycles. The lowest BCUT2D eigenvalue weighted by Gasteiger charge is -2.16. The van der Waals surface area contributed by atoms with E-state index >= 15 is 0 Å². The van der Waals surface area contributed by atoms with E-state index in [2.05, 4.69) is 16.7 Å². The van der Waals surface area contributed by atoms with Crippen LogP contribution in [0.25, 0.3) is 0 Å². The molecule has 1 heterocycles. The maximum atomic E-state index is 12.4. The summed E-state index contributed by atoms with van der Waals surface area (Å²) >= 11 is 13.3. The van der Waals surface area contributed by atoms with E-state index in [0.29, 0.717) is 32.8 Å². The average molecular weight is 465 g/mol. The van der Waals surface area contributed by atoms with Crippen molar-refractivity contribution in [2.75, 3.05) is 30.8 Å². The van der Waals surface area contributed by atoms with Gasteiger partial charge in [0, 0.05) is 23.5 Å². The molecule has 1 aliphatic carbocycles. The number of nitrogens with zero attached hydrogens (tertiary/aromatic N) is 2. The van der Waals surface area contributed by atoms with Gasteiger partial charge in [-0.05, 0) is 56.5 Å². The lowest BCUT2D eigenvalue weighted by molar-refractivity contribution is -0.119. The van der Waals surface area contributed by atoms with Crippen molar-refractivity contribution in [3.63, 3.8) is 0 Å². The topological polar surface area (TPSA) is 85.2 Å². The summed E-state index contributed by atoms with van der Waals surface area (Å²) in [7, 11) is 1.77. The van der Waals surface area contributed by atoms with E-state index in [1.54, 1.807) is 30.1 Å². The van der Waals surface area contributed by atoms with Crippen LogP contribution in [0.3, 0.4) is 0 Å². The number of halogens is 2. The van der Waals surface area contributed by atoms with Crippen LogP contribution in [0.2, 0.25) is 10.0 Å². The number of thiophene rings is 1. The number of likely N-dealkylation sites (N-methyl/N-ethyl adjacent to an activating group) is 1. The number of amides is 2. The number of carbonyl (C=O) groups is 2. The first-order chi connectivity index (χ1) is 14.4. The maximum absolute atomic E-state index is 12.4. The number of hydrogen-bond acceptors (Lipinski definition) is 5. The zero-order chi connectivity index (χ0) is 21.7. The minimum atomic E-state index is -0.214. The summed E-state index contributed by atoms with van der Waals surface area (Å²) in [5.74, 6) is -0.379. The molecule has 2 N–H and O–H groups in total. The van der Waals surface area contributed by atoms with Crippen molar-refractivity contribution >= 4 is 57.0 Å². The Morgan fingerprint density at radius 3 is 2.67 bits per heavy atom. The molecule has 0 atom stereocenters. The third-order valence-corrected chi connectivity index (χ3v) is 6.82. The Labute approximate surface area is 189 Å². The highest BCUT2D eigenvalue weighted by molar-refractivity contribution is 7.16. The van der Waals surface area contributed by atoms with Gasteiger partial charge in [0.15, 0.2) is 0 Å². The molecule has 0 spiro atoms. The molecular weight excluding hydrogens is 443 g/mol. The predicted octanol–water partition coefficient (Wildman–Crippen LogP) is 4.70. The van der Waals surface area contributed by atoms with Crippen molar-refractivity contribution < 1.29 is 9.59 Å². The number of rotatable bonds is 7. The lowest BCUT2D eigenvalue weighted by atomic mass is 9.96. The average Bonchev–Trinajstić information content (AvgIpc) is 3.06. The van der Waals surface area contributed by atoms with Gasteiger partial charge in [-0.3, -0.25) is 14.5 Å². The molecule has 3 rings (SSSR count). The van der Waals surface area contributed by atoms with Gasteiger partial charge in [-0.1, -0.05) is 23.2 Å². The lowest BCUT2D eigenvalue weighted by Crippen LogP contribution is -2.32. The highest BCUT2D eigenvalue weighted by Gasteiger charge is 2.21. The van der Waals surface area contributed by atoms with Gasteiger partial charge in [0.05, 0.1) is 22.2 Å². The van der Waals surface area contributed by atoms with Gasteiger partial charge in [-0.15, -0.1) is 11.3 Å². The van der Waals surface area contributed by atoms with Crippen molar-refractivity contribution in [2.45, 2.75) is 32.1 Å². The summed E-state index contributed by atoms with van der Waals surface area (Å²) < 4.78 is 0. The van der Waals surface area contributed by atoms with Crippen molar-refractivity contribution in [1.82, 2.24) is 4.90 Å². The number of hydrogen-bond donors (Lipinski definition) is 2. The monoisotopic (exact) mass is 464 g/mol. The number of benzene rings is 1.